The maximum absolute atomic E-state index is 11.6. The van der Waals surface area contributed by atoms with Gasteiger partial charge >= 0.3 is 5.97 Å². The fourth-order valence-corrected chi connectivity index (χ4v) is 5.09. The van der Waals surface area contributed by atoms with E-state index in [0.717, 1.165) is 52.1 Å². The minimum Gasteiger partial charge on any atom is -0.492 e. The van der Waals surface area contributed by atoms with Crippen molar-refractivity contribution in [2.75, 3.05) is 6.61 Å². The van der Waals surface area contributed by atoms with E-state index in [4.69, 9.17) is 14.1 Å². The minimum atomic E-state index is -0.712. The van der Waals surface area contributed by atoms with Gasteiger partial charge in [-0.2, -0.15) is 0 Å². The van der Waals surface area contributed by atoms with Crippen molar-refractivity contribution >= 4 is 21.9 Å². The maximum Gasteiger partial charge on any atom is 0.307 e. The summed E-state index contributed by atoms with van der Waals surface area (Å²) in [5.41, 5.74) is 4.22. The van der Waals surface area contributed by atoms with Crippen LogP contribution < -0.4 is 4.74 Å². The van der Waals surface area contributed by atoms with Crippen LogP contribution >= 0.6 is 15.9 Å². The van der Waals surface area contributed by atoms with Crippen molar-refractivity contribution in [2.45, 2.75) is 51.9 Å². The fraction of sp³-hybridized carbons (Fsp3) is 0.385. The molecule has 2 aromatic carbocycles. The number of aliphatic carboxylic acids is 1. The highest BCUT2D eigenvalue weighted by Crippen LogP contribution is 2.43. The Morgan fingerprint density at radius 1 is 1.28 bits per heavy atom. The Labute approximate surface area is 197 Å². The van der Waals surface area contributed by atoms with E-state index < -0.39 is 5.97 Å². The molecule has 0 saturated carbocycles. The first-order valence-corrected chi connectivity index (χ1v) is 12.0. The number of carboxylic acids is 1. The van der Waals surface area contributed by atoms with Gasteiger partial charge in [0.15, 0.2) is 0 Å². The first-order valence-electron chi connectivity index (χ1n) is 11.2. The van der Waals surface area contributed by atoms with Crippen LogP contribution in [0, 0.1) is 5.92 Å². The second-order valence-corrected chi connectivity index (χ2v) is 9.04. The summed E-state index contributed by atoms with van der Waals surface area (Å²) in [6.07, 6.45) is 3.83. The Morgan fingerprint density at radius 2 is 2.06 bits per heavy atom. The van der Waals surface area contributed by atoms with Crippen LogP contribution in [0.3, 0.4) is 0 Å². The van der Waals surface area contributed by atoms with Crippen molar-refractivity contribution in [2.24, 2.45) is 5.92 Å². The average molecular weight is 498 g/mol. The predicted octanol–water partition coefficient (Wildman–Crippen LogP) is 6.43. The molecule has 1 aromatic heterocycles. The number of hydrogen-bond acceptors (Lipinski definition) is 4. The van der Waals surface area contributed by atoms with Gasteiger partial charge in [-0.3, -0.25) is 4.79 Å². The number of halogens is 1. The Balaban J connectivity index is 1.45. The highest BCUT2D eigenvalue weighted by atomic mass is 79.9. The number of oxazole rings is 1. The molecule has 0 saturated heterocycles. The molecular weight excluding hydrogens is 470 g/mol. The molecule has 0 spiro atoms. The van der Waals surface area contributed by atoms with Gasteiger partial charge in [-0.15, -0.1) is 0 Å². The molecule has 2 atom stereocenters. The molecule has 6 heteroatoms. The Hall–Kier alpha value is -2.60. The zero-order valence-corrected chi connectivity index (χ0v) is 20.0. The summed E-state index contributed by atoms with van der Waals surface area (Å²) in [7, 11) is 0. The number of benzene rings is 2. The van der Waals surface area contributed by atoms with Crippen molar-refractivity contribution in [1.29, 1.82) is 0 Å². The number of rotatable bonds is 9. The number of hydrogen-bond donors (Lipinski definition) is 1. The van der Waals surface area contributed by atoms with Crippen molar-refractivity contribution in [3.8, 4) is 17.2 Å². The van der Waals surface area contributed by atoms with Crippen LogP contribution in [0.4, 0.5) is 0 Å². The van der Waals surface area contributed by atoms with E-state index in [1.165, 1.54) is 5.56 Å². The Bertz CT molecular complexity index is 1090. The molecular formula is C26H28BrNO4. The molecule has 1 aliphatic rings. The van der Waals surface area contributed by atoms with E-state index in [2.05, 4.69) is 35.0 Å². The van der Waals surface area contributed by atoms with Crippen molar-refractivity contribution in [3.05, 3.63) is 69.5 Å². The summed E-state index contributed by atoms with van der Waals surface area (Å²) in [4.78, 5) is 16.4. The molecule has 1 N–H and O–H groups in total. The molecule has 32 heavy (non-hydrogen) atoms. The number of aryl methyl sites for hydroxylation is 2. The van der Waals surface area contributed by atoms with Crippen molar-refractivity contribution in [1.82, 2.24) is 4.98 Å². The number of carbonyl (C=O) groups is 1. The van der Waals surface area contributed by atoms with Gasteiger partial charge in [-0.05, 0) is 76.5 Å². The molecule has 0 aliphatic heterocycles. The van der Waals surface area contributed by atoms with Crippen LogP contribution in [0.2, 0.25) is 0 Å². The number of aromatic nitrogens is 1. The number of carboxylic acid groups (broad SMARTS) is 1. The third kappa shape index (κ3) is 4.60. The topological polar surface area (TPSA) is 72.6 Å². The van der Waals surface area contributed by atoms with Crippen LogP contribution in [-0.2, 0) is 24.1 Å². The second kappa shape index (κ2) is 9.90. The van der Waals surface area contributed by atoms with Gasteiger partial charge in [-0.25, -0.2) is 4.98 Å². The zero-order valence-electron chi connectivity index (χ0n) is 18.4. The molecule has 0 radical (unpaired) electrons. The van der Waals surface area contributed by atoms with Gasteiger partial charge in [0.1, 0.15) is 11.5 Å². The summed E-state index contributed by atoms with van der Waals surface area (Å²) in [6, 6.07) is 14.0. The van der Waals surface area contributed by atoms with Crippen LogP contribution in [0.25, 0.3) is 11.5 Å². The molecule has 4 rings (SSSR count). The molecule has 2 unspecified atom stereocenters. The summed E-state index contributed by atoms with van der Waals surface area (Å²) >= 11 is 3.63. The fourth-order valence-electron chi connectivity index (χ4n) is 4.62. The summed E-state index contributed by atoms with van der Waals surface area (Å²) in [6.45, 7) is 4.50. The minimum absolute atomic E-state index is 0.0662. The lowest BCUT2D eigenvalue weighted by atomic mass is 9.85. The van der Waals surface area contributed by atoms with Gasteiger partial charge in [-0.1, -0.05) is 32.0 Å². The van der Waals surface area contributed by atoms with E-state index in [9.17, 15) is 9.90 Å². The maximum atomic E-state index is 11.6. The van der Waals surface area contributed by atoms with Crippen LogP contribution in [0.15, 0.2) is 51.4 Å². The second-order valence-electron chi connectivity index (χ2n) is 8.19. The van der Waals surface area contributed by atoms with E-state index in [1.807, 2.05) is 37.3 Å². The summed E-state index contributed by atoms with van der Waals surface area (Å²) < 4.78 is 12.9. The number of fused-ring (bicyclic) bond motifs is 1. The number of ether oxygens (including phenoxy) is 1. The smallest absolute Gasteiger partial charge is 0.307 e. The first-order chi connectivity index (χ1) is 15.5. The molecule has 5 nitrogen and oxygen atoms in total. The predicted molar refractivity (Wildman–Crippen MR) is 127 cm³/mol. The van der Waals surface area contributed by atoms with E-state index in [1.54, 1.807) is 0 Å². The van der Waals surface area contributed by atoms with Gasteiger partial charge in [0.05, 0.1) is 22.7 Å². The first kappa shape index (κ1) is 22.6. The van der Waals surface area contributed by atoms with Gasteiger partial charge in [0.2, 0.25) is 5.89 Å². The molecule has 0 bridgehead atoms. The highest BCUT2D eigenvalue weighted by molar-refractivity contribution is 9.10. The molecule has 168 valence electrons. The highest BCUT2D eigenvalue weighted by Gasteiger charge is 2.33. The Kier molecular flexibility index (Phi) is 6.99. The van der Waals surface area contributed by atoms with Crippen LogP contribution in [0.5, 0.6) is 5.75 Å². The normalized spacial score (nSPS) is 16.0. The van der Waals surface area contributed by atoms with E-state index >= 15 is 0 Å². The largest absolute Gasteiger partial charge is 0.492 e. The van der Waals surface area contributed by atoms with E-state index in [-0.39, 0.29) is 11.8 Å². The summed E-state index contributed by atoms with van der Waals surface area (Å²) in [5, 5.41) is 9.57. The standard InChI is InChI=1S/C26H28BrNO4/c1-3-18(26(29)30)19-11-10-17-14-24(21(27)15-20(17)19)31-13-12-22-23(4-2)32-25(28-22)16-8-6-5-7-9-16/h5-9,14-15,18-19H,3-4,10-13H2,1-2H3,(H,29,30). The van der Waals surface area contributed by atoms with Gasteiger partial charge < -0.3 is 14.3 Å². The SMILES string of the molecule is CCc1oc(-c2ccccc2)nc1CCOc1cc2c(cc1Br)C(C(CC)C(=O)O)CC2. The van der Waals surface area contributed by atoms with Crippen LogP contribution in [0.1, 0.15) is 55.2 Å². The van der Waals surface area contributed by atoms with Crippen molar-refractivity contribution < 1.29 is 19.1 Å². The molecule has 1 aliphatic carbocycles. The van der Waals surface area contributed by atoms with Crippen molar-refractivity contribution in [3.63, 3.8) is 0 Å². The Morgan fingerprint density at radius 3 is 2.75 bits per heavy atom. The monoisotopic (exact) mass is 497 g/mol. The quantitative estimate of drug-likeness (QED) is 0.368. The zero-order chi connectivity index (χ0) is 22.7. The lowest BCUT2D eigenvalue weighted by Crippen LogP contribution is -2.19. The average Bonchev–Trinajstić information content (AvgIpc) is 3.39. The summed E-state index contributed by atoms with van der Waals surface area (Å²) in [5.74, 6) is 1.34. The third-order valence-corrected chi connectivity index (χ3v) is 6.90. The molecule has 0 fully saturated rings. The molecule has 1 heterocycles. The molecule has 3 aromatic rings. The lowest BCUT2D eigenvalue weighted by molar-refractivity contribution is -0.142. The van der Waals surface area contributed by atoms with Crippen LogP contribution in [-0.4, -0.2) is 22.7 Å². The number of nitrogens with zero attached hydrogens (tertiary/aromatic N) is 1. The van der Waals surface area contributed by atoms with E-state index in [0.29, 0.717) is 25.3 Å². The lowest BCUT2D eigenvalue weighted by Gasteiger charge is -2.19. The third-order valence-electron chi connectivity index (χ3n) is 6.28. The van der Waals surface area contributed by atoms with Gasteiger partial charge in [0, 0.05) is 18.4 Å². The van der Waals surface area contributed by atoms with Gasteiger partial charge in [0.25, 0.3) is 0 Å². The molecule has 0 amide bonds.